The highest BCUT2D eigenvalue weighted by atomic mass is 127. The van der Waals surface area contributed by atoms with Gasteiger partial charge in [-0.2, -0.15) is 5.26 Å². The Morgan fingerprint density at radius 2 is 2.08 bits per heavy atom. The first-order valence-corrected chi connectivity index (χ1v) is 10.2. The molecule has 2 aromatic carbocycles. The summed E-state index contributed by atoms with van der Waals surface area (Å²) in [6.45, 7) is 3.96. The van der Waals surface area contributed by atoms with Gasteiger partial charge in [-0.1, -0.05) is 18.2 Å². The van der Waals surface area contributed by atoms with Gasteiger partial charge in [-0.15, -0.1) is 0 Å². The van der Waals surface area contributed by atoms with E-state index in [1.54, 1.807) is 15.0 Å². The first-order chi connectivity index (χ1) is 12.4. The fourth-order valence-electron chi connectivity index (χ4n) is 2.76. The molecule has 0 fully saturated rings. The third-order valence-electron chi connectivity index (χ3n) is 4.06. The van der Waals surface area contributed by atoms with E-state index in [1.807, 2.05) is 38.1 Å². The molecule has 1 aliphatic rings. The lowest BCUT2D eigenvalue weighted by Gasteiger charge is -2.23. The Hall–Kier alpha value is -1.90. The van der Waals surface area contributed by atoms with Crippen LogP contribution in [-0.2, 0) is 11.2 Å². The van der Waals surface area contributed by atoms with Gasteiger partial charge in [0.2, 0.25) is 0 Å². The monoisotopic (exact) mass is 476 g/mol. The van der Waals surface area contributed by atoms with Crippen LogP contribution in [0.3, 0.4) is 0 Å². The lowest BCUT2D eigenvalue weighted by atomic mass is 10.1. The van der Waals surface area contributed by atoms with Crippen LogP contribution < -0.4 is 4.74 Å². The molecule has 6 heteroatoms. The van der Waals surface area contributed by atoms with E-state index < -0.39 is 0 Å². The number of nitriles is 1. The highest BCUT2D eigenvalue weighted by Gasteiger charge is 2.19. The maximum Gasteiger partial charge on any atom is 0.258 e. The topological polar surface area (TPSA) is 53.3 Å². The number of aryl methyl sites for hydroxylation is 2. The van der Waals surface area contributed by atoms with Crippen LogP contribution in [-0.4, -0.2) is 14.4 Å². The minimum atomic E-state index is 0.0563. The standard InChI is InChI=1S/C20H18IN2O2P/c1-13-7-16(12-22)9-17(8-13)25-19-11-15(4-3-14(19)2)10-18-5-6-20(24)23(21)26-18/h3-9,11,18,26H,10H2,1-2H3. The van der Waals surface area contributed by atoms with Crippen molar-refractivity contribution in [3.63, 3.8) is 0 Å². The highest BCUT2D eigenvalue weighted by molar-refractivity contribution is 14.1. The second kappa shape index (κ2) is 8.20. The first-order valence-electron chi connectivity index (χ1n) is 8.18. The average Bonchev–Trinajstić information content (AvgIpc) is 2.60. The molecule has 0 radical (unpaired) electrons. The molecule has 0 spiro atoms. The van der Waals surface area contributed by atoms with Crippen molar-refractivity contribution in [3.05, 3.63) is 70.8 Å². The van der Waals surface area contributed by atoms with Crippen LogP contribution >= 0.6 is 31.6 Å². The van der Waals surface area contributed by atoms with Crippen LogP contribution in [0.2, 0.25) is 0 Å². The Bertz CT molecular complexity index is 921. The van der Waals surface area contributed by atoms with E-state index in [0.717, 1.165) is 23.3 Å². The predicted octanol–water partition coefficient (Wildman–Crippen LogP) is 5.22. The van der Waals surface area contributed by atoms with Gasteiger partial charge in [0.05, 0.1) is 34.5 Å². The van der Waals surface area contributed by atoms with Crippen LogP contribution in [0.5, 0.6) is 11.5 Å². The van der Waals surface area contributed by atoms with Crippen LogP contribution in [0, 0.1) is 25.2 Å². The maximum atomic E-state index is 11.6. The van der Waals surface area contributed by atoms with E-state index in [9.17, 15) is 4.79 Å². The Labute approximate surface area is 169 Å². The smallest absolute Gasteiger partial charge is 0.258 e. The number of ether oxygens (including phenoxy) is 1. The third-order valence-corrected chi connectivity index (χ3v) is 6.55. The zero-order valence-electron chi connectivity index (χ0n) is 14.5. The Morgan fingerprint density at radius 3 is 2.81 bits per heavy atom. The fourth-order valence-corrected chi connectivity index (χ4v) is 5.00. The molecule has 26 heavy (non-hydrogen) atoms. The molecule has 3 rings (SSSR count). The van der Waals surface area contributed by atoms with E-state index in [-0.39, 0.29) is 5.91 Å². The van der Waals surface area contributed by atoms with E-state index in [0.29, 0.717) is 25.7 Å². The molecule has 4 nitrogen and oxygen atoms in total. The van der Waals surface area contributed by atoms with E-state index in [2.05, 4.69) is 41.1 Å². The normalized spacial score (nSPS) is 17.4. The van der Waals surface area contributed by atoms with Crippen LogP contribution in [0.1, 0.15) is 22.3 Å². The number of halogens is 1. The SMILES string of the molecule is Cc1cc(C#N)cc(Oc2cc(CC3C=CC(=O)N(I)P3)ccc2C)c1. The number of nitrogens with zero attached hydrogens (tertiary/aromatic N) is 2. The van der Waals surface area contributed by atoms with E-state index >= 15 is 0 Å². The lowest BCUT2D eigenvalue weighted by Crippen LogP contribution is -2.19. The number of carbonyl (C=O) groups is 1. The maximum absolute atomic E-state index is 11.6. The molecule has 0 N–H and O–H groups in total. The zero-order chi connectivity index (χ0) is 18.7. The summed E-state index contributed by atoms with van der Waals surface area (Å²) in [7, 11) is 0.443. The van der Waals surface area contributed by atoms with Gasteiger partial charge in [0.15, 0.2) is 0 Å². The molecule has 0 bridgehead atoms. The summed E-state index contributed by atoms with van der Waals surface area (Å²) in [5, 5.41) is 9.13. The van der Waals surface area contributed by atoms with Gasteiger partial charge in [0.25, 0.3) is 5.91 Å². The quantitative estimate of drug-likeness (QED) is 0.346. The van der Waals surface area contributed by atoms with Crippen molar-refractivity contribution in [3.8, 4) is 17.6 Å². The molecule has 132 valence electrons. The number of rotatable bonds is 4. The minimum absolute atomic E-state index is 0.0563. The van der Waals surface area contributed by atoms with E-state index in [1.165, 1.54) is 5.56 Å². The fraction of sp³-hybridized carbons (Fsp3) is 0.200. The molecular formula is C20H18IN2O2P. The summed E-state index contributed by atoms with van der Waals surface area (Å²) in [6, 6.07) is 13.9. The number of carbonyl (C=O) groups excluding carboxylic acids is 1. The van der Waals surface area contributed by atoms with Gasteiger partial charge in [-0.05, 0) is 70.0 Å². The van der Waals surface area contributed by atoms with Crippen LogP contribution in [0.15, 0.2) is 48.6 Å². The van der Waals surface area contributed by atoms with Crippen molar-refractivity contribution in [2.45, 2.75) is 25.9 Å². The minimum Gasteiger partial charge on any atom is -0.457 e. The number of hydrogen-bond donors (Lipinski definition) is 0. The van der Waals surface area contributed by atoms with Gasteiger partial charge in [-0.3, -0.25) is 7.68 Å². The summed E-state index contributed by atoms with van der Waals surface area (Å²) in [4.78, 5) is 11.6. The Morgan fingerprint density at radius 1 is 1.27 bits per heavy atom. The molecule has 1 amide bonds. The van der Waals surface area contributed by atoms with Crippen molar-refractivity contribution >= 4 is 37.5 Å². The summed E-state index contributed by atoms with van der Waals surface area (Å²) in [5.41, 5.74) is 4.12. The third kappa shape index (κ3) is 4.63. The van der Waals surface area contributed by atoms with Crippen molar-refractivity contribution in [1.29, 1.82) is 5.26 Å². The van der Waals surface area contributed by atoms with Gasteiger partial charge in [0, 0.05) is 11.7 Å². The molecule has 0 aromatic heterocycles. The van der Waals surface area contributed by atoms with Gasteiger partial charge < -0.3 is 4.74 Å². The molecule has 2 unspecified atom stereocenters. The van der Waals surface area contributed by atoms with Gasteiger partial charge in [-0.25, -0.2) is 0 Å². The number of hydrogen-bond acceptors (Lipinski definition) is 3. The van der Waals surface area contributed by atoms with E-state index in [4.69, 9.17) is 10.00 Å². The van der Waals surface area contributed by atoms with Crippen molar-refractivity contribution in [2.24, 2.45) is 0 Å². The summed E-state index contributed by atoms with van der Waals surface area (Å²) >= 11 is 2.07. The van der Waals surface area contributed by atoms with Crippen molar-refractivity contribution in [2.75, 3.05) is 0 Å². The molecule has 2 aromatic rings. The summed E-state index contributed by atoms with van der Waals surface area (Å²) in [6.07, 6.45) is 4.50. The van der Waals surface area contributed by atoms with Crippen LogP contribution in [0.25, 0.3) is 0 Å². The average molecular weight is 476 g/mol. The molecule has 1 aliphatic heterocycles. The lowest BCUT2D eigenvalue weighted by molar-refractivity contribution is -0.117. The molecule has 1 heterocycles. The second-order valence-corrected chi connectivity index (χ2v) is 9.59. The van der Waals surface area contributed by atoms with Crippen molar-refractivity contribution < 1.29 is 9.53 Å². The zero-order valence-corrected chi connectivity index (χ0v) is 17.6. The first kappa shape index (κ1) is 18.9. The molecule has 0 saturated heterocycles. The Kier molecular flexibility index (Phi) is 5.95. The highest BCUT2D eigenvalue weighted by Crippen LogP contribution is 2.36. The van der Waals surface area contributed by atoms with Gasteiger partial charge in [0.1, 0.15) is 11.5 Å². The molecule has 0 aliphatic carbocycles. The molecule has 2 atom stereocenters. The molecule has 0 saturated carbocycles. The largest absolute Gasteiger partial charge is 0.457 e. The Balaban J connectivity index is 1.80. The number of allylic oxidation sites excluding steroid dienone is 1. The van der Waals surface area contributed by atoms with Crippen molar-refractivity contribution in [1.82, 2.24) is 2.88 Å². The van der Waals surface area contributed by atoms with Crippen LogP contribution in [0.4, 0.5) is 0 Å². The van der Waals surface area contributed by atoms with Gasteiger partial charge >= 0.3 is 0 Å². The summed E-state index contributed by atoms with van der Waals surface area (Å²) < 4.78 is 7.81. The molecular weight excluding hydrogens is 458 g/mol. The number of benzene rings is 2. The summed E-state index contributed by atoms with van der Waals surface area (Å²) in [5.74, 6) is 1.52. The second-order valence-electron chi connectivity index (χ2n) is 6.27. The number of amides is 1. The predicted molar refractivity (Wildman–Crippen MR) is 113 cm³/mol.